The van der Waals surface area contributed by atoms with E-state index in [2.05, 4.69) is 5.32 Å². The van der Waals surface area contributed by atoms with Gasteiger partial charge in [0.15, 0.2) is 0 Å². The molecule has 42 heavy (non-hydrogen) atoms. The lowest BCUT2D eigenvalue weighted by Crippen LogP contribution is -2.54. The van der Waals surface area contributed by atoms with Crippen LogP contribution in [0.2, 0.25) is 10.0 Å². The number of nitrogens with one attached hydrogen (secondary N) is 1. The summed E-state index contributed by atoms with van der Waals surface area (Å²) in [7, 11) is -3.83. The minimum absolute atomic E-state index is 0.0208. The number of sulfonamides is 1. The van der Waals surface area contributed by atoms with Crippen molar-refractivity contribution in [3.63, 3.8) is 0 Å². The third kappa shape index (κ3) is 9.71. The quantitative estimate of drug-likeness (QED) is 0.255. The van der Waals surface area contributed by atoms with Gasteiger partial charge in [-0.05, 0) is 62.6 Å². The van der Waals surface area contributed by atoms with Crippen LogP contribution in [-0.4, -0.2) is 49.5 Å². The summed E-state index contributed by atoms with van der Waals surface area (Å²) >= 11 is 12.6. The van der Waals surface area contributed by atoms with Gasteiger partial charge in [0.05, 0.1) is 11.9 Å². The van der Waals surface area contributed by atoms with Crippen LogP contribution in [0.5, 0.6) is 0 Å². The Bertz CT molecular complexity index is 1500. The first-order valence-electron chi connectivity index (χ1n) is 13.5. The maximum absolute atomic E-state index is 14.5. The molecule has 0 heterocycles. The van der Waals surface area contributed by atoms with E-state index in [1.54, 1.807) is 24.3 Å². The minimum Gasteiger partial charge on any atom is -0.350 e. The number of hydrogen-bond acceptors (Lipinski definition) is 4. The van der Waals surface area contributed by atoms with Crippen molar-refractivity contribution in [2.24, 2.45) is 0 Å². The van der Waals surface area contributed by atoms with E-state index in [9.17, 15) is 22.4 Å². The number of anilines is 1. The highest BCUT2D eigenvalue weighted by Gasteiger charge is 2.32. The van der Waals surface area contributed by atoms with Crippen LogP contribution in [0.3, 0.4) is 0 Å². The van der Waals surface area contributed by atoms with E-state index in [0.717, 1.165) is 16.1 Å². The molecule has 0 aliphatic carbocycles. The van der Waals surface area contributed by atoms with Crippen LogP contribution < -0.4 is 9.62 Å². The molecule has 11 heteroatoms. The van der Waals surface area contributed by atoms with Gasteiger partial charge in [0, 0.05) is 41.5 Å². The number of para-hydroxylation sites is 1. The number of amides is 2. The number of carbonyl (C=O) groups is 2. The standard InChI is InChI=1S/C31H36Cl2FN3O4S/c1-31(2,3)35-30(39)28(19-22-11-6-5-7-12-22)36(21-23-16-17-24(32)20-25(23)33)29(38)15-10-18-37(42(4,40)41)27-14-9-8-13-26(27)34/h5-9,11-14,16-17,20,28H,10,15,18-19,21H2,1-4H3,(H,35,39). The molecule has 1 atom stereocenters. The van der Waals surface area contributed by atoms with E-state index in [-0.39, 0.29) is 49.9 Å². The highest BCUT2D eigenvalue weighted by atomic mass is 35.5. The molecular weight excluding hydrogens is 600 g/mol. The summed E-state index contributed by atoms with van der Waals surface area (Å²) in [4.78, 5) is 29.1. The van der Waals surface area contributed by atoms with Crippen molar-refractivity contribution in [3.05, 3.63) is 99.8 Å². The Labute approximate surface area is 257 Å². The zero-order chi connectivity index (χ0) is 31.1. The highest BCUT2D eigenvalue weighted by molar-refractivity contribution is 7.92. The largest absolute Gasteiger partial charge is 0.350 e. The number of rotatable bonds is 12. The van der Waals surface area contributed by atoms with Gasteiger partial charge in [0.2, 0.25) is 21.8 Å². The molecule has 0 aromatic heterocycles. The summed E-state index contributed by atoms with van der Waals surface area (Å²) in [5.41, 5.74) is 0.798. The zero-order valence-corrected chi connectivity index (χ0v) is 26.4. The molecule has 0 fully saturated rings. The van der Waals surface area contributed by atoms with Gasteiger partial charge in [-0.25, -0.2) is 12.8 Å². The van der Waals surface area contributed by atoms with E-state index in [1.807, 2.05) is 51.1 Å². The Morgan fingerprint density at radius 2 is 1.62 bits per heavy atom. The maximum Gasteiger partial charge on any atom is 0.243 e. The number of carbonyl (C=O) groups excluding carboxylic acids is 2. The van der Waals surface area contributed by atoms with E-state index in [4.69, 9.17) is 23.2 Å². The second-order valence-corrected chi connectivity index (χ2v) is 13.8. The fraction of sp³-hybridized carbons (Fsp3) is 0.355. The normalized spacial score (nSPS) is 12.5. The summed E-state index contributed by atoms with van der Waals surface area (Å²) in [5, 5.41) is 3.77. The average molecular weight is 637 g/mol. The Balaban J connectivity index is 1.94. The van der Waals surface area contributed by atoms with Gasteiger partial charge in [-0.1, -0.05) is 71.7 Å². The molecule has 0 spiro atoms. The Morgan fingerprint density at radius 1 is 0.976 bits per heavy atom. The summed E-state index contributed by atoms with van der Waals surface area (Å²) in [6.45, 7) is 5.46. The molecule has 226 valence electrons. The van der Waals surface area contributed by atoms with Gasteiger partial charge < -0.3 is 10.2 Å². The van der Waals surface area contributed by atoms with Gasteiger partial charge in [-0.3, -0.25) is 13.9 Å². The van der Waals surface area contributed by atoms with Crippen LogP contribution in [0.4, 0.5) is 10.1 Å². The molecule has 0 saturated heterocycles. The summed E-state index contributed by atoms with van der Waals surface area (Å²) in [5.74, 6) is -1.41. The van der Waals surface area contributed by atoms with Crippen LogP contribution >= 0.6 is 23.2 Å². The van der Waals surface area contributed by atoms with Crippen LogP contribution in [-0.2, 0) is 32.6 Å². The maximum atomic E-state index is 14.5. The Hall–Kier alpha value is -3.14. The smallest absolute Gasteiger partial charge is 0.243 e. The first-order chi connectivity index (χ1) is 19.7. The molecule has 3 rings (SSSR count). The van der Waals surface area contributed by atoms with Crippen molar-refractivity contribution in [1.82, 2.24) is 10.2 Å². The molecule has 0 aliphatic rings. The average Bonchev–Trinajstić information content (AvgIpc) is 2.89. The van der Waals surface area contributed by atoms with Crippen LogP contribution in [0.25, 0.3) is 0 Å². The van der Waals surface area contributed by atoms with Crippen LogP contribution in [0.1, 0.15) is 44.7 Å². The lowest BCUT2D eigenvalue weighted by molar-refractivity contribution is -0.142. The van der Waals surface area contributed by atoms with E-state index in [0.29, 0.717) is 15.6 Å². The van der Waals surface area contributed by atoms with Crippen LogP contribution in [0.15, 0.2) is 72.8 Å². The van der Waals surface area contributed by atoms with Crippen molar-refractivity contribution in [2.75, 3.05) is 17.1 Å². The molecule has 3 aromatic carbocycles. The number of nitrogens with zero attached hydrogens (tertiary/aromatic N) is 2. The molecule has 0 aliphatic heterocycles. The lowest BCUT2D eigenvalue weighted by atomic mass is 10.00. The van der Waals surface area contributed by atoms with Gasteiger partial charge in [0.1, 0.15) is 11.9 Å². The highest BCUT2D eigenvalue weighted by Crippen LogP contribution is 2.26. The summed E-state index contributed by atoms with van der Waals surface area (Å²) < 4.78 is 40.5. The second-order valence-electron chi connectivity index (χ2n) is 11.1. The van der Waals surface area contributed by atoms with E-state index < -0.39 is 27.4 Å². The number of hydrogen-bond donors (Lipinski definition) is 1. The predicted octanol–water partition coefficient (Wildman–Crippen LogP) is 6.23. The second kappa shape index (κ2) is 14.4. The van der Waals surface area contributed by atoms with Crippen molar-refractivity contribution in [2.45, 2.75) is 58.2 Å². The third-order valence-electron chi connectivity index (χ3n) is 6.40. The summed E-state index contributed by atoms with van der Waals surface area (Å²) in [6, 6.07) is 19.0. The molecule has 0 saturated carbocycles. The molecule has 0 radical (unpaired) electrons. The van der Waals surface area contributed by atoms with Crippen LogP contribution in [0, 0.1) is 5.82 Å². The number of halogens is 3. The van der Waals surface area contributed by atoms with E-state index in [1.165, 1.54) is 23.1 Å². The molecule has 2 amide bonds. The third-order valence-corrected chi connectivity index (χ3v) is 8.17. The first-order valence-corrected chi connectivity index (χ1v) is 16.1. The first kappa shape index (κ1) is 33.4. The molecule has 1 N–H and O–H groups in total. The molecule has 3 aromatic rings. The molecule has 0 bridgehead atoms. The van der Waals surface area contributed by atoms with Crippen molar-refractivity contribution in [1.29, 1.82) is 0 Å². The summed E-state index contributed by atoms with van der Waals surface area (Å²) in [6.07, 6.45) is 1.22. The minimum atomic E-state index is -3.83. The lowest BCUT2D eigenvalue weighted by Gasteiger charge is -2.34. The Morgan fingerprint density at radius 3 is 2.21 bits per heavy atom. The van der Waals surface area contributed by atoms with Gasteiger partial charge in [-0.2, -0.15) is 0 Å². The molecule has 7 nitrogen and oxygen atoms in total. The predicted molar refractivity (Wildman–Crippen MR) is 167 cm³/mol. The topological polar surface area (TPSA) is 86.8 Å². The van der Waals surface area contributed by atoms with E-state index >= 15 is 0 Å². The monoisotopic (exact) mass is 635 g/mol. The van der Waals surface area contributed by atoms with Crippen molar-refractivity contribution in [3.8, 4) is 0 Å². The Kier molecular flexibility index (Phi) is 11.4. The zero-order valence-electron chi connectivity index (χ0n) is 24.1. The number of benzene rings is 3. The van der Waals surface area contributed by atoms with Gasteiger partial charge in [0.25, 0.3) is 0 Å². The molecule has 1 unspecified atom stereocenters. The van der Waals surface area contributed by atoms with Crippen molar-refractivity contribution >= 4 is 50.7 Å². The van der Waals surface area contributed by atoms with Crippen molar-refractivity contribution < 1.29 is 22.4 Å². The van der Waals surface area contributed by atoms with Gasteiger partial charge in [-0.15, -0.1) is 0 Å². The molecular formula is C31H36Cl2FN3O4S. The fourth-order valence-electron chi connectivity index (χ4n) is 4.48. The fourth-order valence-corrected chi connectivity index (χ4v) is 5.91. The van der Waals surface area contributed by atoms with Gasteiger partial charge >= 0.3 is 0 Å². The SMILES string of the molecule is CC(C)(C)NC(=O)C(Cc1ccccc1)N(Cc1ccc(Cl)cc1Cl)C(=O)CCCN(c1ccccc1F)S(C)(=O)=O.